The zero-order chi connectivity index (χ0) is 13.7. The summed E-state index contributed by atoms with van der Waals surface area (Å²) in [6, 6.07) is 3.24. The van der Waals surface area contributed by atoms with Gasteiger partial charge in [-0.15, -0.1) is 0 Å². The zero-order valence-corrected chi connectivity index (χ0v) is 12.3. The van der Waals surface area contributed by atoms with Gasteiger partial charge in [-0.25, -0.2) is 0 Å². The summed E-state index contributed by atoms with van der Waals surface area (Å²) in [5, 5.41) is 0. The Morgan fingerprint density at radius 1 is 1.11 bits per heavy atom. The van der Waals surface area contributed by atoms with Gasteiger partial charge in [0.2, 0.25) is 5.75 Å². The van der Waals surface area contributed by atoms with Crippen LogP contribution >= 0.6 is 15.9 Å². The highest BCUT2D eigenvalue weighted by Crippen LogP contribution is 2.38. The van der Waals surface area contributed by atoms with Gasteiger partial charge in [-0.3, -0.25) is 4.79 Å². The van der Waals surface area contributed by atoms with E-state index in [0.717, 1.165) is 4.48 Å². The van der Waals surface area contributed by atoms with Gasteiger partial charge in [0.25, 0.3) is 0 Å². The lowest BCUT2D eigenvalue weighted by Gasteiger charge is -2.13. The molecule has 0 aliphatic carbocycles. The minimum absolute atomic E-state index is 0.136. The first-order chi connectivity index (χ1) is 8.53. The molecule has 0 N–H and O–H groups in total. The molecule has 0 aliphatic heterocycles. The second kappa shape index (κ2) is 6.44. The van der Waals surface area contributed by atoms with E-state index in [1.807, 2.05) is 0 Å². The SMILES string of the molecule is COc1cc(C(=O)C=C(C)Br)cc(OC)c1OC. The second-order valence-electron chi connectivity index (χ2n) is 3.51. The molecule has 0 saturated heterocycles. The highest BCUT2D eigenvalue weighted by Gasteiger charge is 2.15. The average Bonchev–Trinajstić information content (AvgIpc) is 2.35. The molecule has 1 aromatic carbocycles. The Hall–Kier alpha value is -1.49. The summed E-state index contributed by atoms with van der Waals surface area (Å²) in [5.41, 5.74) is 0.475. The maximum absolute atomic E-state index is 11.9. The van der Waals surface area contributed by atoms with E-state index in [-0.39, 0.29) is 5.78 Å². The Bertz CT molecular complexity index is 451. The number of hydrogen-bond donors (Lipinski definition) is 0. The van der Waals surface area contributed by atoms with Crippen molar-refractivity contribution in [2.75, 3.05) is 21.3 Å². The van der Waals surface area contributed by atoms with Crippen LogP contribution in [0.5, 0.6) is 17.2 Å². The van der Waals surface area contributed by atoms with Gasteiger partial charge in [0.05, 0.1) is 21.3 Å². The van der Waals surface area contributed by atoms with Crippen LogP contribution in [-0.2, 0) is 0 Å². The van der Waals surface area contributed by atoms with Gasteiger partial charge >= 0.3 is 0 Å². The number of halogens is 1. The van der Waals surface area contributed by atoms with Crippen LogP contribution in [0, 0.1) is 0 Å². The Morgan fingerprint density at radius 3 is 1.94 bits per heavy atom. The largest absolute Gasteiger partial charge is 0.493 e. The van der Waals surface area contributed by atoms with E-state index in [4.69, 9.17) is 14.2 Å². The summed E-state index contributed by atoms with van der Waals surface area (Å²) in [5.74, 6) is 1.25. The molecule has 18 heavy (non-hydrogen) atoms. The Morgan fingerprint density at radius 2 is 1.61 bits per heavy atom. The van der Waals surface area contributed by atoms with Crippen molar-refractivity contribution in [1.29, 1.82) is 0 Å². The second-order valence-corrected chi connectivity index (χ2v) is 4.76. The lowest BCUT2D eigenvalue weighted by Crippen LogP contribution is -2.00. The van der Waals surface area contributed by atoms with Crippen molar-refractivity contribution in [2.24, 2.45) is 0 Å². The van der Waals surface area contributed by atoms with Crippen LogP contribution in [0.2, 0.25) is 0 Å². The molecule has 0 aromatic heterocycles. The number of methoxy groups -OCH3 is 3. The van der Waals surface area contributed by atoms with Gasteiger partial charge in [0.1, 0.15) is 0 Å². The number of hydrogen-bond acceptors (Lipinski definition) is 4. The third-order valence-corrected chi connectivity index (χ3v) is 2.51. The average molecular weight is 315 g/mol. The summed E-state index contributed by atoms with van der Waals surface area (Å²) >= 11 is 3.22. The molecule has 0 bridgehead atoms. The minimum atomic E-state index is -0.136. The fourth-order valence-electron chi connectivity index (χ4n) is 1.49. The van der Waals surface area contributed by atoms with Crippen LogP contribution in [0.1, 0.15) is 17.3 Å². The van der Waals surface area contributed by atoms with E-state index in [0.29, 0.717) is 22.8 Å². The normalized spacial score (nSPS) is 11.1. The van der Waals surface area contributed by atoms with E-state index in [1.165, 1.54) is 27.4 Å². The van der Waals surface area contributed by atoms with Crippen LogP contribution in [0.4, 0.5) is 0 Å². The number of carbonyl (C=O) groups is 1. The molecule has 0 fully saturated rings. The number of ketones is 1. The molecule has 1 aromatic rings. The fourth-order valence-corrected chi connectivity index (χ4v) is 1.70. The van der Waals surface area contributed by atoms with Crippen molar-refractivity contribution < 1.29 is 19.0 Å². The molecule has 0 aliphatic rings. The van der Waals surface area contributed by atoms with Crippen LogP contribution in [0.3, 0.4) is 0 Å². The molecular formula is C13H15BrO4. The molecule has 0 radical (unpaired) electrons. The van der Waals surface area contributed by atoms with Crippen LogP contribution < -0.4 is 14.2 Å². The van der Waals surface area contributed by atoms with E-state index >= 15 is 0 Å². The number of carbonyl (C=O) groups excluding carboxylic acids is 1. The molecule has 0 amide bonds. The fraction of sp³-hybridized carbons (Fsp3) is 0.308. The monoisotopic (exact) mass is 314 g/mol. The molecule has 0 unspecified atom stereocenters. The van der Waals surface area contributed by atoms with Gasteiger partial charge in [-0.1, -0.05) is 15.9 Å². The number of allylic oxidation sites excluding steroid dienone is 2. The molecule has 5 heteroatoms. The summed E-state index contributed by atoms with van der Waals surface area (Å²) < 4.78 is 16.3. The predicted octanol–water partition coefficient (Wildman–Crippen LogP) is 3.19. The molecular weight excluding hydrogens is 300 g/mol. The first-order valence-corrected chi connectivity index (χ1v) is 6.01. The van der Waals surface area contributed by atoms with E-state index in [1.54, 1.807) is 19.1 Å². The Kier molecular flexibility index (Phi) is 5.22. The van der Waals surface area contributed by atoms with E-state index in [2.05, 4.69) is 15.9 Å². The number of benzene rings is 1. The highest BCUT2D eigenvalue weighted by molar-refractivity contribution is 9.11. The molecule has 0 heterocycles. The van der Waals surface area contributed by atoms with Crippen molar-refractivity contribution in [3.05, 3.63) is 28.3 Å². The van der Waals surface area contributed by atoms with Gasteiger partial charge in [-0.05, 0) is 29.6 Å². The van der Waals surface area contributed by atoms with Crippen molar-refractivity contribution >= 4 is 21.7 Å². The topological polar surface area (TPSA) is 44.8 Å². The lowest BCUT2D eigenvalue weighted by atomic mass is 10.1. The van der Waals surface area contributed by atoms with Gasteiger partial charge in [0.15, 0.2) is 17.3 Å². The predicted molar refractivity (Wildman–Crippen MR) is 73.1 cm³/mol. The molecule has 4 nitrogen and oxygen atoms in total. The standard InChI is InChI=1S/C13H15BrO4/c1-8(14)5-10(15)9-6-11(16-2)13(18-4)12(7-9)17-3/h5-7H,1-4H3. The van der Waals surface area contributed by atoms with Crippen LogP contribution in [0.25, 0.3) is 0 Å². The van der Waals surface area contributed by atoms with Crippen molar-refractivity contribution in [1.82, 2.24) is 0 Å². The molecule has 0 spiro atoms. The van der Waals surface area contributed by atoms with Crippen LogP contribution in [0.15, 0.2) is 22.7 Å². The smallest absolute Gasteiger partial charge is 0.203 e. The minimum Gasteiger partial charge on any atom is -0.493 e. The first kappa shape index (κ1) is 14.6. The van der Waals surface area contributed by atoms with Crippen molar-refractivity contribution in [3.63, 3.8) is 0 Å². The molecule has 0 saturated carbocycles. The maximum Gasteiger partial charge on any atom is 0.203 e. The van der Waals surface area contributed by atoms with Crippen LogP contribution in [-0.4, -0.2) is 27.1 Å². The molecule has 98 valence electrons. The summed E-state index contributed by atoms with van der Waals surface area (Å²) in [4.78, 5) is 11.9. The van der Waals surface area contributed by atoms with Gasteiger partial charge in [-0.2, -0.15) is 0 Å². The Balaban J connectivity index is 3.31. The van der Waals surface area contributed by atoms with E-state index in [9.17, 15) is 4.79 Å². The third kappa shape index (κ3) is 3.26. The lowest BCUT2D eigenvalue weighted by molar-refractivity contribution is 0.104. The summed E-state index contributed by atoms with van der Waals surface area (Å²) in [6.45, 7) is 1.79. The molecule has 1 rings (SSSR count). The third-order valence-electron chi connectivity index (χ3n) is 2.28. The summed E-state index contributed by atoms with van der Waals surface area (Å²) in [7, 11) is 4.54. The number of ether oxygens (including phenoxy) is 3. The van der Waals surface area contributed by atoms with Crippen molar-refractivity contribution in [2.45, 2.75) is 6.92 Å². The zero-order valence-electron chi connectivity index (χ0n) is 10.7. The number of rotatable bonds is 5. The van der Waals surface area contributed by atoms with Gasteiger partial charge in [0, 0.05) is 5.56 Å². The van der Waals surface area contributed by atoms with E-state index < -0.39 is 0 Å². The highest BCUT2D eigenvalue weighted by atomic mass is 79.9. The quantitative estimate of drug-likeness (QED) is 0.618. The summed E-state index contributed by atoms with van der Waals surface area (Å²) in [6.07, 6.45) is 1.49. The molecule has 0 atom stereocenters. The maximum atomic E-state index is 11.9. The van der Waals surface area contributed by atoms with Crippen molar-refractivity contribution in [3.8, 4) is 17.2 Å². The first-order valence-electron chi connectivity index (χ1n) is 5.21. The van der Waals surface area contributed by atoms with Gasteiger partial charge < -0.3 is 14.2 Å². The Labute approximate surface area is 115 Å².